The molecule has 0 aromatic heterocycles. The summed E-state index contributed by atoms with van der Waals surface area (Å²) in [6.07, 6.45) is 8.48. The summed E-state index contributed by atoms with van der Waals surface area (Å²) in [5, 5.41) is 1.72. The van der Waals surface area contributed by atoms with Gasteiger partial charge in [-0.1, -0.05) is 47.5 Å². The van der Waals surface area contributed by atoms with E-state index in [0.717, 1.165) is 31.5 Å². The van der Waals surface area contributed by atoms with Gasteiger partial charge in [0.25, 0.3) is 0 Å². The zero-order valence-corrected chi connectivity index (χ0v) is 15.1. The van der Waals surface area contributed by atoms with Crippen LogP contribution in [-0.4, -0.2) is 11.6 Å². The van der Waals surface area contributed by atoms with Crippen LogP contribution < -0.4 is 11.6 Å². The zero-order chi connectivity index (χ0) is 16.7. The molecule has 4 N–H and O–H groups in total. The summed E-state index contributed by atoms with van der Waals surface area (Å²) in [6, 6.07) is 0. The van der Waals surface area contributed by atoms with Gasteiger partial charge in [-0.15, -0.1) is 11.8 Å². The largest absolute Gasteiger partial charge is 0.401 e. The van der Waals surface area contributed by atoms with Crippen LogP contribution in [0.2, 0.25) is 0 Å². The lowest BCUT2D eigenvalue weighted by atomic mass is 9.91. The van der Waals surface area contributed by atoms with Crippen LogP contribution in [0.1, 0.15) is 80.1 Å². The quantitative estimate of drug-likeness (QED) is 0.302. The molecule has 0 rings (SSSR count). The highest BCUT2D eigenvalue weighted by Gasteiger charge is 2.11. The second-order valence-electron chi connectivity index (χ2n) is 6.27. The molecule has 0 aliphatic carbocycles. The van der Waals surface area contributed by atoms with E-state index in [0.29, 0.717) is 0 Å². The van der Waals surface area contributed by atoms with Gasteiger partial charge in [0.05, 0.1) is 0 Å². The van der Waals surface area contributed by atoms with Crippen molar-refractivity contribution in [2.45, 2.75) is 80.1 Å². The maximum Gasteiger partial charge on any atom is 0.0343 e. The smallest absolute Gasteiger partial charge is 0.0343 e. The molecule has 0 atom stereocenters. The van der Waals surface area contributed by atoms with Crippen LogP contribution in [0, 0.1) is 17.3 Å². The van der Waals surface area contributed by atoms with Gasteiger partial charge in [-0.3, -0.25) is 0 Å². The highest BCUT2D eigenvalue weighted by molar-refractivity contribution is 4.98. The van der Waals surface area contributed by atoms with Crippen LogP contribution in [0.4, 0.5) is 0 Å². The summed E-state index contributed by atoms with van der Waals surface area (Å²) in [5.41, 5.74) is 7.04. The molecule has 0 aliphatic heterocycles. The lowest BCUT2D eigenvalue weighted by Crippen LogP contribution is -2.28. The van der Waals surface area contributed by atoms with E-state index in [4.69, 9.17) is 11.6 Å². The van der Waals surface area contributed by atoms with Gasteiger partial charge in [-0.05, 0) is 31.6 Å². The minimum atomic E-state index is 0.210. The second-order valence-corrected chi connectivity index (χ2v) is 6.27. The van der Waals surface area contributed by atoms with Gasteiger partial charge in [0, 0.05) is 24.9 Å². The molecule has 124 valence electrons. The fourth-order valence-electron chi connectivity index (χ4n) is 1.92. The highest BCUT2D eigenvalue weighted by Crippen LogP contribution is 2.21. The number of nitrogens with zero attached hydrogens (tertiary/aromatic N) is 1. The molecule has 0 aliphatic rings. The Bertz CT molecular complexity index is 316. The van der Waals surface area contributed by atoms with Gasteiger partial charge < -0.3 is 10.7 Å². The van der Waals surface area contributed by atoms with Gasteiger partial charge in [0.1, 0.15) is 0 Å². The second kappa shape index (κ2) is 13.8. The fraction of sp³-hybridized carbons (Fsp3) is 0.778. The number of rotatable bonds is 8. The summed E-state index contributed by atoms with van der Waals surface area (Å²) in [7, 11) is 0. The topological polar surface area (TPSA) is 55.3 Å². The first-order valence-electron chi connectivity index (χ1n) is 8.22. The highest BCUT2D eigenvalue weighted by atomic mass is 15.4. The standard InChI is InChI=1S/C16H31N3.C2H6/c1-5-6-7-8-9-10-11-12-19(18)14-15(17)13-16(2,3)4;1-2/h14H,7-13,17-18H2,1-4H3;1-2H3/b15-14-;. The maximum absolute atomic E-state index is 5.97. The van der Waals surface area contributed by atoms with Crippen molar-refractivity contribution < 1.29 is 0 Å². The summed E-state index contributed by atoms with van der Waals surface area (Å²) >= 11 is 0. The molecule has 0 unspecified atom stereocenters. The molecular formula is C18H37N3. The monoisotopic (exact) mass is 295 g/mol. The molecule has 0 spiro atoms. The van der Waals surface area contributed by atoms with Gasteiger partial charge in [0.2, 0.25) is 0 Å². The minimum Gasteiger partial charge on any atom is -0.401 e. The van der Waals surface area contributed by atoms with E-state index >= 15 is 0 Å². The summed E-state index contributed by atoms with van der Waals surface area (Å²) < 4.78 is 0. The molecule has 3 nitrogen and oxygen atoms in total. The van der Waals surface area contributed by atoms with E-state index < -0.39 is 0 Å². The van der Waals surface area contributed by atoms with E-state index in [1.165, 1.54) is 19.3 Å². The lowest BCUT2D eigenvalue weighted by molar-refractivity contribution is 0.361. The van der Waals surface area contributed by atoms with Crippen LogP contribution in [0.15, 0.2) is 11.9 Å². The van der Waals surface area contributed by atoms with E-state index in [9.17, 15) is 0 Å². The van der Waals surface area contributed by atoms with Crippen LogP contribution in [0.25, 0.3) is 0 Å². The number of unbranched alkanes of at least 4 members (excludes halogenated alkanes) is 4. The normalized spacial score (nSPS) is 11.1. The molecule has 0 aromatic rings. The average Bonchev–Trinajstić information content (AvgIpc) is 2.37. The van der Waals surface area contributed by atoms with Crippen LogP contribution in [0.5, 0.6) is 0 Å². The van der Waals surface area contributed by atoms with Crippen molar-refractivity contribution in [3.8, 4) is 11.8 Å². The minimum absolute atomic E-state index is 0.210. The first kappa shape index (κ1) is 22.1. The summed E-state index contributed by atoms with van der Waals surface area (Å²) in [6.45, 7) is 13.3. The van der Waals surface area contributed by atoms with Crippen molar-refractivity contribution in [3.05, 3.63) is 11.9 Å². The Hall–Kier alpha value is -1.14. The van der Waals surface area contributed by atoms with Crippen molar-refractivity contribution in [2.24, 2.45) is 17.0 Å². The third-order valence-electron chi connectivity index (χ3n) is 2.71. The molecule has 0 heterocycles. The predicted molar refractivity (Wildman–Crippen MR) is 95.1 cm³/mol. The Labute approximate surface area is 133 Å². The Morgan fingerprint density at radius 3 is 2.19 bits per heavy atom. The Balaban J connectivity index is 0. The van der Waals surface area contributed by atoms with E-state index in [1.807, 2.05) is 27.0 Å². The molecule has 21 heavy (non-hydrogen) atoms. The van der Waals surface area contributed by atoms with Gasteiger partial charge >= 0.3 is 0 Å². The third kappa shape index (κ3) is 18.9. The first-order chi connectivity index (χ1) is 9.85. The van der Waals surface area contributed by atoms with Gasteiger partial charge in [0.15, 0.2) is 0 Å². The van der Waals surface area contributed by atoms with Crippen molar-refractivity contribution >= 4 is 0 Å². The number of hydrazine groups is 1. The Morgan fingerprint density at radius 1 is 1.10 bits per heavy atom. The van der Waals surface area contributed by atoms with E-state index in [1.54, 1.807) is 5.01 Å². The lowest BCUT2D eigenvalue weighted by Gasteiger charge is -2.20. The Kier molecular flexibility index (Phi) is 14.6. The number of allylic oxidation sites excluding steroid dienone is 1. The fourth-order valence-corrected chi connectivity index (χ4v) is 1.92. The van der Waals surface area contributed by atoms with Crippen molar-refractivity contribution in [3.63, 3.8) is 0 Å². The molecule has 3 heteroatoms. The third-order valence-corrected chi connectivity index (χ3v) is 2.71. The SMILES string of the molecule is CC.CC#CCCCCCCN(N)/C=C(\N)CC(C)(C)C. The molecular weight excluding hydrogens is 258 g/mol. The number of hydrogen-bond donors (Lipinski definition) is 2. The van der Waals surface area contributed by atoms with Crippen LogP contribution in [-0.2, 0) is 0 Å². The molecule has 0 fully saturated rings. The molecule has 0 saturated carbocycles. The molecule has 0 bridgehead atoms. The van der Waals surface area contributed by atoms with E-state index in [2.05, 4.69) is 32.6 Å². The van der Waals surface area contributed by atoms with Gasteiger partial charge in [-0.25, -0.2) is 5.84 Å². The van der Waals surface area contributed by atoms with Crippen molar-refractivity contribution in [1.82, 2.24) is 5.01 Å². The predicted octanol–water partition coefficient (Wildman–Crippen LogP) is 4.40. The van der Waals surface area contributed by atoms with Crippen LogP contribution >= 0.6 is 0 Å². The van der Waals surface area contributed by atoms with E-state index in [-0.39, 0.29) is 5.41 Å². The maximum atomic E-state index is 5.97. The number of nitrogens with two attached hydrogens (primary N) is 2. The molecule has 0 aromatic carbocycles. The molecule has 0 saturated heterocycles. The number of hydrogen-bond acceptors (Lipinski definition) is 3. The van der Waals surface area contributed by atoms with Crippen molar-refractivity contribution in [2.75, 3.05) is 6.54 Å². The Morgan fingerprint density at radius 2 is 1.67 bits per heavy atom. The van der Waals surface area contributed by atoms with Gasteiger partial charge in [-0.2, -0.15) is 0 Å². The average molecular weight is 296 g/mol. The first-order valence-corrected chi connectivity index (χ1v) is 8.22. The van der Waals surface area contributed by atoms with Crippen LogP contribution in [0.3, 0.4) is 0 Å². The zero-order valence-electron chi connectivity index (χ0n) is 15.1. The molecule has 0 amide bonds. The summed E-state index contributed by atoms with van der Waals surface area (Å²) in [4.78, 5) is 0. The molecule has 0 radical (unpaired) electrons. The summed E-state index contributed by atoms with van der Waals surface area (Å²) in [5.74, 6) is 11.9. The van der Waals surface area contributed by atoms with Crippen molar-refractivity contribution in [1.29, 1.82) is 0 Å².